The van der Waals surface area contributed by atoms with Crippen molar-refractivity contribution in [2.45, 2.75) is 25.3 Å². The maximum absolute atomic E-state index is 13.5. The molecule has 25 heavy (non-hydrogen) atoms. The monoisotopic (exact) mass is 341 g/mol. The third-order valence-electron chi connectivity index (χ3n) is 4.35. The maximum Gasteiger partial charge on any atom is 0.251 e. The van der Waals surface area contributed by atoms with Crippen LogP contribution >= 0.6 is 0 Å². The van der Waals surface area contributed by atoms with Crippen molar-refractivity contribution in [2.24, 2.45) is 0 Å². The van der Waals surface area contributed by atoms with Crippen molar-refractivity contribution in [1.82, 2.24) is 15.2 Å². The Kier molecular flexibility index (Phi) is 5.38. The van der Waals surface area contributed by atoms with Crippen LogP contribution in [0.5, 0.6) is 0 Å². The Hall–Kier alpha value is -2.76. The molecule has 0 spiro atoms. The van der Waals surface area contributed by atoms with Crippen molar-refractivity contribution >= 4 is 11.8 Å². The van der Waals surface area contributed by atoms with Gasteiger partial charge in [-0.1, -0.05) is 12.1 Å². The molecule has 1 saturated heterocycles. The van der Waals surface area contributed by atoms with E-state index in [2.05, 4.69) is 10.3 Å². The second-order valence-electron chi connectivity index (χ2n) is 6.12. The largest absolute Gasteiger partial charge is 0.350 e. The molecule has 1 aromatic heterocycles. The van der Waals surface area contributed by atoms with Gasteiger partial charge >= 0.3 is 0 Å². The number of benzene rings is 1. The van der Waals surface area contributed by atoms with Crippen LogP contribution in [0, 0.1) is 5.82 Å². The van der Waals surface area contributed by atoms with E-state index in [1.54, 1.807) is 35.5 Å². The van der Waals surface area contributed by atoms with E-state index < -0.39 is 0 Å². The predicted molar refractivity (Wildman–Crippen MR) is 91.4 cm³/mol. The summed E-state index contributed by atoms with van der Waals surface area (Å²) in [6.45, 7) is 0.993. The van der Waals surface area contributed by atoms with E-state index in [9.17, 15) is 14.0 Å². The van der Waals surface area contributed by atoms with E-state index in [0.29, 0.717) is 31.5 Å². The first-order valence-electron chi connectivity index (χ1n) is 8.35. The van der Waals surface area contributed by atoms with Crippen LogP contribution in [-0.2, 0) is 11.2 Å². The van der Waals surface area contributed by atoms with Gasteiger partial charge in [-0.15, -0.1) is 0 Å². The lowest BCUT2D eigenvalue weighted by molar-refractivity contribution is -0.129. The summed E-state index contributed by atoms with van der Waals surface area (Å²) in [6.07, 6.45) is 4.96. The Balaban J connectivity index is 1.70. The fourth-order valence-corrected chi connectivity index (χ4v) is 3.10. The molecule has 130 valence electrons. The van der Waals surface area contributed by atoms with Crippen molar-refractivity contribution < 1.29 is 14.0 Å². The van der Waals surface area contributed by atoms with Gasteiger partial charge in [-0.3, -0.25) is 14.6 Å². The molecule has 2 aromatic rings. The van der Waals surface area contributed by atoms with Gasteiger partial charge in [-0.05, 0) is 42.7 Å². The minimum Gasteiger partial charge on any atom is -0.350 e. The molecule has 5 nitrogen and oxygen atoms in total. The zero-order valence-electron chi connectivity index (χ0n) is 13.8. The second kappa shape index (κ2) is 7.88. The van der Waals surface area contributed by atoms with E-state index in [1.165, 1.54) is 12.1 Å². The molecule has 0 radical (unpaired) electrons. The quantitative estimate of drug-likeness (QED) is 0.876. The molecule has 0 saturated carbocycles. The number of halogens is 1. The summed E-state index contributed by atoms with van der Waals surface area (Å²) in [7, 11) is 0. The lowest BCUT2D eigenvalue weighted by Crippen LogP contribution is -2.45. The summed E-state index contributed by atoms with van der Waals surface area (Å²) in [5, 5.41) is 2.88. The molecule has 3 rings (SSSR count). The van der Waals surface area contributed by atoms with Crippen LogP contribution in [-0.4, -0.2) is 40.8 Å². The van der Waals surface area contributed by atoms with Gasteiger partial charge in [0.1, 0.15) is 5.82 Å². The lowest BCUT2D eigenvalue weighted by Gasteiger charge is -2.28. The van der Waals surface area contributed by atoms with E-state index in [1.807, 2.05) is 6.07 Å². The van der Waals surface area contributed by atoms with Crippen LogP contribution in [0.3, 0.4) is 0 Å². The summed E-state index contributed by atoms with van der Waals surface area (Å²) < 4.78 is 13.5. The highest BCUT2D eigenvalue weighted by molar-refractivity contribution is 5.94. The van der Waals surface area contributed by atoms with E-state index in [0.717, 1.165) is 12.0 Å². The SMILES string of the molecule is O=C(NC[C@@H](Cc1cccc(F)c1)N1CCCC1=O)c1ccncc1. The number of aromatic nitrogens is 1. The molecule has 6 heteroatoms. The fraction of sp³-hybridized carbons (Fsp3) is 0.316. The molecule has 2 heterocycles. The van der Waals surface area contributed by atoms with Gasteiger partial charge in [0, 0.05) is 37.5 Å². The number of carbonyl (C=O) groups is 2. The zero-order valence-corrected chi connectivity index (χ0v) is 13.8. The Morgan fingerprint density at radius 3 is 2.76 bits per heavy atom. The number of likely N-dealkylation sites (tertiary alicyclic amines) is 1. The van der Waals surface area contributed by atoms with Crippen molar-refractivity contribution in [3.05, 3.63) is 65.7 Å². The van der Waals surface area contributed by atoms with Gasteiger partial charge in [-0.2, -0.15) is 0 Å². The number of rotatable bonds is 6. The van der Waals surface area contributed by atoms with Crippen molar-refractivity contribution in [2.75, 3.05) is 13.1 Å². The number of hydrogen-bond donors (Lipinski definition) is 1. The molecule has 1 aliphatic rings. The van der Waals surface area contributed by atoms with Gasteiger partial charge < -0.3 is 10.2 Å². The highest BCUT2D eigenvalue weighted by Crippen LogP contribution is 2.17. The number of nitrogens with one attached hydrogen (secondary N) is 1. The van der Waals surface area contributed by atoms with Crippen LogP contribution in [0.15, 0.2) is 48.8 Å². The smallest absolute Gasteiger partial charge is 0.251 e. The minimum atomic E-state index is -0.301. The summed E-state index contributed by atoms with van der Waals surface area (Å²) in [5.74, 6) is -0.428. The second-order valence-corrected chi connectivity index (χ2v) is 6.12. The van der Waals surface area contributed by atoms with Gasteiger partial charge in [0.25, 0.3) is 5.91 Å². The summed E-state index contributed by atoms with van der Waals surface area (Å²) >= 11 is 0. The van der Waals surface area contributed by atoms with E-state index >= 15 is 0 Å². The van der Waals surface area contributed by atoms with Crippen LogP contribution < -0.4 is 5.32 Å². The van der Waals surface area contributed by atoms with Crippen molar-refractivity contribution in [3.63, 3.8) is 0 Å². The molecule has 1 aliphatic heterocycles. The van der Waals surface area contributed by atoms with Gasteiger partial charge in [0.15, 0.2) is 0 Å². The average molecular weight is 341 g/mol. The molecule has 2 amide bonds. The van der Waals surface area contributed by atoms with Crippen LogP contribution in [0.4, 0.5) is 4.39 Å². The first-order chi connectivity index (χ1) is 12.1. The standard InChI is InChI=1S/C19H20FN3O2/c20-16-4-1-3-14(11-16)12-17(23-10-2-5-18(23)24)13-22-19(25)15-6-8-21-9-7-15/h1,3-4,6-9,11,17H,2,5,10,12-13H2,(H,22,25)/t17-/m1/s1. The average Bonchev–Trinajstić information content (AvgIpc) is 3.05. The minimum absolute atomic E-state index is 0.0829. The molecular formula is C19H20FN3O2. The molecular weight excluding hydrogens is 321 g/mol. The molecule has 0 bridgehead atoms. The topological polar surface area (TPSA) is 62.3 Å². The fourth-order valence-electron chi connectivity index (χ4n) is 3.10. The lowest BCUT2D eigenvalue weighted by atomic mass is 10.0. The van der Waals surface area contributed by atoms with Gasteiger partial charge in [0.2, 0.25) is 5.91 Å². The molecule has 1 fully saturated rings. The Morgan fingerprint density at radius 1 is 1.28 bits per heavy atom. The number of nitrogens with zero attached hydrogens (tertiary/aromatic N) is 2. The maximum atomic E-state index is 13.5. The van der Waals surface area contributed by atoms with E-state index in [-0.39, 0.29) is 23.7 Å². The van der Waals surface area contributed by atoms with Crippen molar-refractivity contribution in [3.8, 4) is 0 Å². The summed E-state index contributed by atoms with van der Waals surface area (Å²) in [5.41, 5.74) is 1.33. The Bertz CT molecular complexity index is 751. The Morgan fingerprint density at radius 2 is 2.08 bits per heavy atom. The normalized spacial score (nSPS) is 15.2. The first kappa shape index (κ1) is 17.1. The van der Waals surface area contributed by atoms with E-state index in [4.69, 9.17) is 0 Å². The van der Waals surface area contributed by atoms with Crippen LogP contribution in [0.25, 0.3) is 0 Å². The van der Waals surface area contributed by atoms with Crippen molar-refractivity contribution in [1.29, 1.82) is 0 Å². The first-order valence-corrected chi connectivity index (χ1v) is 8.35. The van der Waals surface area contributed by atoms with Crippen LogP contribution in [0.2, 0.25) is 0 Å². The molecule has 1 N–H and O–H groups in total. The number of carbonyl (C=O) groups excluding carboxylic acids is 2. The number of amides is 2. The number of hydrogen-bond acceptors (Lipinski definition) is 3. The zero-order chi connectivity index (χ0) is 17.6. The molecule has 0 unspecified atom stereocenters. The third kappa shape index (κ3) is 4.41. The molecule has 0 aliphatic carbocycles. The van der Waals surface area contributed by atoms with Crippen LogP contribution in [0.1, 0.15) is 28.8 Å². The molecule has 1 atom stereocenters. The summed E-state index contributed by atoms with van der Waals surface area (Å²) in [4.78, 5) is 30.0. The Labute approximate surface area is 145 Å². The highest BCUT2D eigenvalue weighted by Gasteiger charge is 2.28. The molecule has 1 aromatic carbocycles. The number of pyridine rings is 1. The summed E-state index contributed by atoms with van der Waals surface area (Å²) in [6, 6.07) is 9.44. The van der Waals surface area contributed by atoms with Gasteiger partial charge in [0.05, 0.1) is 6.04 Å². The highest BCUT2D eigenvalue weighted by atomic mass is 19.1. The third-order valence-corrected chi connectivity index (χ3v) is 4.35. The van der Waals surface area contributed by atoms with Gasteiger partial charge in [-0.25, -0.2) is 4.39 Å². The predicted octanol–water partition coefficient (Wildman–Crippen LogP) is 2.18.